The van der Waals surface area contributed by atoms with Gasteiger partial charge in [0.05, 0.1) is 0 Å². The van der Waals surface area contributed by atoms with Crippen LogP contribution in [0.4, 0.5) is 10.1 Å². The van der Waals surface area contributed by atoms with Gasteiger partial charge in [-0.2, -0.15) is 0 Å². The first kappa shape index (κ1) is 13.6. The van der Waals surface area contributed by atoms with Gasteiger partial charge in [-0.05, 0) is 55.5 Å². The predicted molar refractivity (Wildman–Crippen MR) is 79.0 cm³/mol. The zero-order valence-corrected chi connectivity index (χ0v) is 11.3. The quantitative estimate of drug-likeness (QED) is 0.747. The third kappa shape index (κ3) is 4.40. The molecule has 0 radical (unpaired) electrons. The van der Waals surface area contributed by atoms with Crippen molar-refractivity contribution in [3.63, 3.8) is 0 Å². The van der Waals surface area contributed by atoms with Gasteiger partial charge in [0, 0.05) is 12.2 Å². The summed E-state index contributed by atoms with van der Waals surface area (Å²) in [6, 6.07) is 15.4. The Morgan fingerprint density at radius 3 is 2.53 bits per heavy atom. The summed E-state index contributed by atoms with van der Waals surface area (Å²) in [5, 5.41) is 3.36. The smallest absolute Gasteiger partial charge is 0.123 e. The van der Waals surface area contributed by atoms with E-state index in [-0.39, 0.29) is 5.82 Å². The van der Waals surface area contributed by atoms with Gasteiger partial charge in [0.1, 0.15) is 5.82 Å². The molecule has 0 spiro atoms. The van der Waals surface area contributed by atoms with Crippen LogP contribution in [0.3, 0.4) is 0 Å². The summed E-state index contributed by atoms with van der Waals surface area (Å²) >= 11 is 0. The molecule has 0 aliphatic rings. The second-order valence-electron chi connectivity index (χ2n) is 4.83. The second-order valence-corrected chi connectivity index (χ2v) is 4.83. The lowest BCUT2D eigenvalue weighted by molar-refractivity contribution is 0.626. The first-order chi connectivity index (χ1) is 9.25. The minimum atomic E-state index is -0.174. The topological polar surface area (TPSA) is 12.0 Å². The lowest BCUT2D eigenvalue weighted by Gasteiger charge is -2.09. The molecule has 0 atom stereocenters. The molecule has 1 N–H and O–H groups in total. The number of benzene rings is 2. The molecule has 0 aliphatic heterocycles. The van der Waals surface area contributed by atoms with Gasteiger partial charge < -0.3 is 5.32 Å². The molecule has 2 aromatic carbocycles. The number of unbranched alkanes of at least 4 members (excludes halogenated alkanes) is 1. The molecule has 19 heavy (non-hydrogen) atoms. The van der Waals surface area contributed by atoms with Crippen molar-refractivity contribution in [1.82, 2.24) is 0 Å². The van der Waals surface area contributed by atoms with Crippen LogP contribution in [0, 0.1) is 12.7 Å². The van der Waals surface area contributed by atoms with Crippen molar-refractivity contribution in [2.45, 2.75) is 26.2 Å². The molecule has 0 aromatic heterocycles. The molecule has 0 heterocycles. The number of halogens is 1. The lowest BCUT2D eigenvalue weighted by atomic mass is 10.1. The maximum Gasteiger partial charge on any atom is 0.123 e. The molecule has 0 bridgehead atoms. The number of hydrogen-bond acceptors (Lipinski definition) is 1. The largest absolute Gasteiger partial charge is 0.385 e. The number of rotatable bonds is 6. The molecule has 100 valence electrons. The van der Waals surface area contributed by atoms with Crippen molar-refractivity contribution in [2.75, 3.05) is 11.9 Å². The van der Waals surface area contributed by atoms with Gasteiger partial charge in [0.2, 0.25) is 0 Å². The third-order valence-corrected chi connectivity index (χ3v) is 3.24. The van der Waals surface area contributed by atoms with Crippen LogP contribution in [-0.2, 0) is 6.42 Å². The average molecular weight is 257 g/mol. The second kappa shape index (κ2) is 6.93. The average Bonchev–Trinajstić information content (AvgIpc) is 2.42. The lowest BCUT2D eigenvalue weighted by Crippen LogP contribution is -2.03. The Balaban J connectivity index is 1.69. The molecule has 0 unspecified atom stereocenters. The van der Waals surface area contributed by atoms with E-state index in [2.05, 4.69) is 29.6 Å². The van der Waals surface area contributed by atoms with E-state index in [1.807, 2.05) is 19.1 Å². The van der Waals surface area contributed by atoms with Crippen LogP contribution in [0.15, 0.2) is 48.5 Å². The summed E-state index contributed by atoms with van der Waals surface area (Å²) in [6.45, 7) is 2.86. The summed E-state index contributed by atoms with van der Waals surface area (Å²) in [5.41, 5.74) is 3.38. The zero-order valence-electron chi connectivity index (χ0n) is 11.3. The van der Waals surface area contributed by atoms with Crippen molar-refractivity contribution in [2.24, 2.45) is 0 Å². The monoisotopic (exact) mass is 257 g/mol. The molecular formula is C17H20FN. The molecule has 1 nitrogen and oxygen atoms in total. The fraction of sp³-hybridized carbons (Fsp3) is 0.294. The molecular weight excluding hydrogens is 237 g/mol. The van der Waals surface area contributed by atoms with Crippen molar-refractivity contribution in [3.8, 4) is 0 Å². The molecule has 0 aliphatic carbocycles. The van der Waals surface area contributed by atoms with Gasteiger partial charge in [-0.3, -0.25) is 0 Å². The summed E-state index contributed by atoms with van der Waals surface area (Å²) < 4.78 is 13.0. The number of aryl methyl sites for hydroxylation is 2. The van der Waals surface area contributed by atoms with Gasteiger partial charge in [0.25, 0.3) is 0 Å². The van der Waals surface area contributed by atoms with Crippen LogP contribution in [0.1, 0.15) is 24.0 Å². The Morgan fingerprint density at radius 1 is 1.00 bits per heavy atom. The van der Waals surface area contributed by atoms with Crippen molar-refractivity contribution in [3.05, 3.63) is 65.5 Å². The van der Waals surface area contributed by atoms with E-state index >= 15 is 0 Å². The molecule has 0 saturated carbocycles. The summed E-state index contributed by atoms with van der Waals surface area (Å²) in [5.74, 6) is -0.174. The van der Waals surface area contributed by atoms with Gasteiger partial charge >= 0.3 is 0 Å². The highest BCUT2D eigenvalue weighted by molar-refractivity contribution is 5.50. The van der Waals surface area contributed by atoms with E-state index in [0.717, 1.165) is 37.1 Å². The van der Waals surface area contributed by atoms with E-state index in [9.17, 15) is 4.39 Å². The summed E-state index contributed by atoms with van der Waals surface area (Å²) in [7, 11) is 0. The summed E-state index contributed by atoms with van der Waals surface area (Å²) in [4.78, 5) is 0. The Morgan fingerprint density at radius 2 is 1.79 bits per heavy atom. The van der Waals surface area contributed by atoms with E-state index in [1.165, 1.54) is 11.6 Å². The molecule has 2 aromatic rings. The summed E-state index contributed by atoms with van der Waals surface area (Å²) in [6.07, 6.45) is 3.40. The van der Waals surface area contributed by atoms with Gasteiger partial charge in [-0.1, -0.05) is 30.3 Å². The first-order valence-corrected chi connectivity index (χ1v) is 6.79. The van der Waals surface area contributed by atoms with Crippen LogP contribution in [-0.4, -0.2) is 6.54 Å². The minimum absolute atomic E-state index is 0.174. The van der Waals surface area contributed by atoms with Crippen LogP contribution in [0.2, 0.25) is 0 Å². The normalized spacial score (nSPS) is 10.4. The molecule has 0 amide bonds. The minimum Gasteiger partial charge on any atom is -0.385 e. The maximum absolute atomic E-state index is 13.0. The van der Waals surface area contributed by atoms with Crippen molar-refractivity contribution < 1.29 is 4.39 Å². The van der Waals surface area contributed by atoms with Crippen LogP contribution in [0.25, 0.3) is 0 Å². The Kier molecular flexibility index (Phi) is 4.96. The third-order valence-electron chi connectivity index (χ3n) is 3.24. The molecule has 0 fully saturated rings. The Labute approximate surface area is 114 Å². The molecule has 0 saturated heterocycles. The van der Waals surface area contributed by atoms with Crippen molar-refractivity contribution >= 4 is 5.69 Å². The van der Waals surface area contributed by atoms with Crippen LogP contribution < -0.4 is 5.32 Å². The number of anilines is 1. The molecule has 2 rings (SSSR count). The fourth-order valence-electron chi connectivity index (χ4n) is 2.15. The fourth-order valence-corrected chi connectivity index (χ4v) is 2.15. The van der Waals surface area contributed by atoms with Crippen LogP contribution in [0.5, 0.6) is 0 Å². The van der Waals surface area contributed by atoms with E-state index in [0.29, 0.717) is 0 Å². The maximum atomic E-state index is 13.0. The predicted octanol–water partition coefficient (Wildman–Crippen LogP) is 4.57. The van der Waals surface area contributed by atoms with Crippen molar-refractivity contribution in [1.29, 1.82) is 0 Å². The zero-order chi connectivity index (χ0) is 13.5. The van der Waals surface area contributed by atoms with E-state index < -0.39 is 0 Å². The van der Waals surface area contributed by atoms with E-state index in [4.69, 9.17) is 0 Å². The first-order valence-electron chi connectivity index (χ1n) is 6.79. The highest BCUT2D eigenvalue weighted by Gasteiger charge is 1.99. The van der Waals surface area contributed by atoms with Gasteiger partial charge in [-0.25, -0.2) is 4.39 Å². The van der Waals surface area contributed by atoms with E-state index in [1.54, 1.807) is 6.07 Å². The van der Waals surface area contributed by atoms with Gasteiger partial charge in [-0.15, -0.1) is 0 Å². The Hall–Kier alpha value is -1.83. The molecule has 2 heteroatoms. The standard InChI is InChI=1S/C17H20FN/c1-14-13-16(18)10-11-17(14)19-12-6-5-9-15-7-3-2-4-8-15/h2-4,7-8,10-11,13,19H,5-6,9,12H2,1H3. The number of hydrogen-bond donors (Lipinski definition) is 1. The number of nitrogens with one attached hydrogen (secondary N) is 1. The highest BCUT2D eigenvalue weighted by Crippen LogP contribution is 2.15. The Bertz CT molecular complexity index is 508. The van der Waals surface area contributed by atoms with Gasteiger partial charge in [0.15, 0.2) is 0 Å². The highest BCUT2D eigenvalue weighted by atomic mass is 19.1. The SMILES string of the molecule is Cc1cc(F)ccc1NCCCCc1ccccc1. The van der Waals surface area contributed by atoms with Crippen LogP contribution >= 0.6 is 0 Å².